The molecule has 0 aliphatic heterocycles. The van der Waals surface area contributed by atoms with E-state index in [0.717, 1.165) is 10.8 Å². The molecule has 94 valence electrons. The van der Waals surface area contributed by atoms with E-state index in [0.29, 0.717) is 18.4 Å². The smallest absolute Gasteiger partial charge is 0.122 e. The molecule has 1 saturated carbocycles. The molecule has 1 aliphatic carbocycles. The predicted octanol–water partition coefficient (Wildman–Crippen LogP) is 3.58. The first-order valence-electron chi connectivity index (χ1n) is 6.29. The molecule has 0 spiro atoms. The van der Waals surface area contributed by atoms with Crippen molar-refractivity contribution < 1.29 is 4.74 Å². The Kier molecular flexibility index (Phi) is 4.30. The van der Waals surface area contributed by atoms with E-state index in [2.05, 4.69) is 0 Å². The van der Waals surface area contributed by atoms with E-state index in [1.165, 1.54) is 31.2 Å². The quantitative estimate of drug-likeness (QED) is 0.890. The summed E-state index contributed by atoms with van der Waals surface area (Å²) in [7, 11) is 1.70. The summed E-state index contributed by atoms with van der Waals surface area (Å²) < 4.78 is 5.43. The highest BCUT2D eigenvalue weighted by Crippen LogP contribution is 2.40. The summed E-state index contributed by atoms with van der Waals surface area (Å²) in [5, 5.41) is 0.761. The van der Waals surface area contributed by atoms with Crippen molar-refractivity contribution in [2.24, 2.45) is 11.7 Å². The topological polar surface area (TPSA) is 35.2 Å². The van der Waals surface area contributed by atoms with E-state index in [-0.39, 0.29) is 0 Å². The largest absolute Gasteiger partial charge is 0.496 e. The maximum absolute atomic E-state index is 6.09. The summed E-state index contributed by atoms with van der Waals surface area (Å²) in [6.45, 7) is 0.668. The number of rotatable bonds is 4. The van der Waals surface area contributed by atoms with Gasteiger partial charge in [0.25, 0.3) is 0 Å². The zero-order chi connectivity index (χ0) is 12.3. The van der Waals surface area contributed by atoms with Crippen LogP contribution in [0.5, 0.6) is 5.75 Å². The second-order valence-corrected chi connectivity index (χ2v) is 5.21. The number of nitrogens with two attached hydrogens (primary N) is 1. The third-order valence-electron chi connectivity index (χ3n) is 3.81. The lowest BCUT2D eigenvalue weighted by Gasteiger charge is -2.24. The van der Waals surface area contributed by atoms with Gasteiger partial charge in [0, 0.05) is 16.5 Å². The van der Waals surface area contributed by atoms with Gasteiger partial charge in [-0.05, 0) is 43.5 Å². The van der Waals surface area contributed by atoms with Gasteiger partial charge in [0.05, 0.1) is 7.11 Å². The van der Waals surface area contributed by atoms with Gasteiger partial charge in [-0.1, -0.05) is 24.4 Å². The molecule has 3 heteroatoms. The van der Waals surface area contributed by atoms with Crippen LogP contribution in [0.4, 0.5) is 0 Å². The van der Waals surface area contributed by atoms with Gasteiger partial charge in [-0.15, -0.1) is 0 Å². The van der Waals surface area contributed by atoms with Crippen molar-refractivity contribution in [3.8, 4) is 5.75 Å². The van der Waals surface area contributed by atoms with Crippen LogP contribution in [0.3, 0.4) is 0 Å². The minimum atomic E-state index is 0.381. The van der Waals surface area contributed by atoms with Crippen molar-refractivity contribution in [2.45, 2.75) is 31.6 Å². The van der Waals surface area contributed by atoms with E-state index >= 15 is 0 Å². The van der Waals surface area contributed by atoms with E-state index in [9.17, 15) is 0 Å². The number of benzene rings is 1. The number of halogens is 1. The van der Waals surface area contributed by atoms with Crippen LogP contribution in [0.1, 0.15) is 37.2 Å². The van der Waals surface area contributed by atoms with Gasteiger partial charge in [-0.2, -0.15) is 0 Å². The molecule has 2 N–H and O–H groups in total. The molecule has 1 aromatic carbocycles. The first-order chi connectivity index (χ1) is 8.26. The number of hydrogen-bond acceptors (Lipinski definition) is 2. The van der Waals surface area contributed by atoms with Gasteiger partial charge in [-0.3, -0.25) is 0 Å². The first kappa shape index (κ1) is 12.7. The van der Waals surface area contributed by atoms with Crippen molar-refractivity contribution in [3.05, 3.63) is 28.8 Å². The number of hydrogen-bond donors (Lipinski definition) is 1. The lowest BCUT2D eigenvalue weighted by molar-refractivity contribution is 0.384. The molecule has 0 aromatic heterocycles. The van der Waals surface area contributed by atoms with Gasteiger partial charge < -0.3 is 10.5 Å². The van der Waals surface area contributed by atoms with Crippen LogP contribution in [0.2, 0.25) is 5.02 Å². The number of ether oxygens (including phenoxy) is 1. The van der Waals surface area contributed by atoms with Crippen molar-refractivity contribution in [1.82, 2.24) is 0 Å². The van der Waals surface area contributed by atoms with Crippen molar-refractivity contribution in [1.29, 1.82) is 0 Å². The molecule has 2 rings (SSSR count). The molecule has 0 amide bonds. The highest BCUT2D eigenvalue weighted by Gasteiger charge is 2.27. The van der Waals surface area contributed by atoms with Crippen LogP contribution in [-0.2, 0) is 0 Å². The molecule has 0 radical (unpaired) electrons. The SMILES string of the molecule is COc1ccc(Cl)cc1C(CN)C1CCCC1. The van der Waals surface area contributed by atoms with Crippen LogP contribution < -0.4 is 10.5 Å². The fourth-order valence-corrected chi connectivity index (χ4v) is 3.11. The lowest BCUT2D eigenvalue weighted by atomic mass is 9.84. The number of methoxy groups -OCH3 is 1. The average molecular weight is 254 g/mol. The molecule has 2 nitrogen and oxygen atoms in total. The van der Waals surface area contributed by atoms with Crippen LogP contribution in [0, 0.1) is 5.92 Å². The van der Waals surface area contributed by atoms with Gasteiger partial charge in [-0.25, -0.2) is 0 Å². The summed E-state index contributed by atoms with van der Waals surface area (Å²) in [6, 6.07) is 5.82. The van der Waals surface area contributed by atoms with Crippen LogP contribution >= 0.6 is 11.6 Å². The highest BCUT2D eigenvalue weighted by atomic mass is 35.5. The molecule has 1 aliphatic rings. The van der Waals surface area contributed by atoms with Crippen LogP contribution in [-0.4, -0.2) is 13.7 Å². The zero-order valence-corrected chi connectivity index (χ0v) is 11.0. The second kappa shape index (κ2) is 5.74. The van der Waals surface area contributed by atoms with Gasteiger partial charge >= 0.3 is 0 Å². The monoisotopic (exact) mass is 253 g/mol. The van der Waals surface area contributed by atoms with E-state index in [1.807, 2.05) is 18.2 Å². The molecule has 17 heavy (non-hydrogen) atoms. The molecule has 1 aromatic rings. The lowest BCUT2D eigenvalue weighted by Crippen LogP contribution is -2.20. The van der Waals surface area contributed by atoms with E-state index in [4.69, 9.17) is 22.1 Å². The Bertz CT molecular complexity index is 374. The van der Waals surface area contributed by atoms with E-state index in [1.54, 1.807) is 7.11 Å². The predicted molar refractivity (Wildman–Crippen MR) is 71.8 cm³/mol. The van der Waals surface area contributed by atoms with Crippen molar-refractivity contribution >= 4 is 11.6 Å². The maximum Gasteiger partial charge on any atom is 0.122 e. The normalized spacial score (nSPS) is 18.3. The molecule has 1 fully saturated rings. The summed E-state index contributed by atoms with van der Waals surface area (Å²) in [5.74, 6) is 1.98. The van der Waals surface area contributed by atoms with Gasteiger partial charge in [0.15, 0.2) is 0 Å². The molecular weight excluding hydrogens is 234 g/mol. The average Bonchev–Trinajstić information content (AvgIpc) is 2.84. The van der Waals surface area contributed by atoms with Crippen LogP contribution in [0.25, 0.3) is 0 Å². The fraction of sp³-hybridized carbons (Fsp3) is 0.571. The molecule has 0 bridgehead atoms. The fourth-order valence-electron chi connectivity index (χ4n) is 2.93. The second-order valence-electron chi connectivity index (χ2n) is 4.77. The van der Waals surface area contributed by atoms with Gasteiger partial charge in [0.2, 0.25) is 0 Å². The Morgan fingerprint density at radius 1 is 1.41 bits per heavy atom. The summed E-state index contributed by atoms with van der Waals surface area (Å²) in [4.78, 5) is 0. The standard InChI is InChI=1S/C14H20ClNO/c1-17-14-7-6-11(15)8-12(14)13(9-16)10-4-2-3-5-10/h6-8,10,13H,2-5,9,16H2,1H3. The summed E-state index contributed by atoms with van der Waals surface area (Å²) in [6.07, 6.45) is 5.20. The Morgan fingerprint density at radius 2 is 2.12 bits per heavy atom. The van der Waals surface area contributed by atoms with Gasteiger partial charge in [0.1, 0.15) is 5.75 Å². The Balaban J connectivity index is 2.31. The Labute approximate surface area is 108 Å². The summed E-state index contributed by atoms with van der Waals surface area (Å²) in [5.41, 5.74) is 7.14. The molecule has 0 heterocycles. The molecule has 1 atom stereocenters. The minimum Gasteiger partial charge on any atom is -0.496 e. The molecule has 0 saturated heterocycles. The van der Waals surface area contributed by atoms with E-state index < -0.39 is 0 Å². The van der Waals surface area contributed by atoms with Crippen molar-refractivity contribution in [3.63, 3.8) is 0 Å². The third-order valence-corrected chi connectivity index (χ3v) is 4.05. The Morgan fingerprint density at radius 3 is 2.71 bits per heavy atom. The Hall–Kier alpha value is -0.730. The maximum atomic E-state index is 6.09. The third kappa shape index (κ3) is 2.75. The van der Waals surface area contributed by atoms with Crippen LogP contribution in [0.15, 0.2) is 18.2 Å². The molecule has 1 unspecified atom stereocenters. The summed E-state index contributed by atoms with van der Waals surface area (Å²) >= 11 is 6.09. The van der Waals surface area contributed by atoms with Crippen molar-refractivity contribution in [2.75, 3.05) is 13.7 Å². The zero-order valence-electron chi connectivity index (χ0n) is 10.3. The molecular formula is C14H20ClNO. The minimum absolute atomic E-state index is 0.381. The highest BCUT2D eigenvalue weighted by molar-refractivity contribution is 6.30. The first-order valence-corrected chi connectivity index (χ1v) is 6.67.